The van der Waals surface area contributed by atoms with Gasteiger partial charge in [0.05, 0.1) is 10.2 Å². The maximum atomic E-state index is 11.6. The van der Waals surface area contributed by atoms with E-state index in [-0.39, 0.29) is 6.03 Å². The summed E-state index contributed by atoms with van der Waals surface area (Å²) in [5, 5.41) is 6.23. The number of benzene rings is 1. The summed E-state index contributed by atoms with van der Waals surface area (Å²) in [5.74, 6) is 0. The summed E-state index contributed by atoms with van der Waals surface area (Å²) in [4.78, 5) is 16.0. The normalized spacial score (nSPS) is 10.6. The van der Waals surface area contributed by atoms with Crippen LogP contribution >= 0.6 is 11.3 Å². The van der Waals surface area contributed by atoms with Crippen LogP contribution in [0.25, 0.3) is 10.2 Å². The van der Waals surface area contributed by atoms with Gasteiger partial charge in [0, 0.05) is 6.54 Å². The van der Waals surface area contributed by atoms with Crippen LogP contribution in [0, 0.1) is 6.92 Å². The number of unbranched alkanes of at least 4 members (excludes halogenated alkanes) is 1. The number of fused-ring (bicyclic) bond motifs is 1. The fourth-order valence-electron chi connectivity index (χ4n) is 1.66. The molecule has 0 radical (unpaired) electrons. The van der Waals surface area contributed by atoms with E-state index in [2.05, 4.69) is 22.5 Å². The van der Waals surface area contributed by atoms with Crippen molar-refractivity contribution in [1.82, 2.24) is 10.3 Å². The molecule has 0 aliphatic rings. The summed E-state index contributed by atoms with van der Waals surface area (Å²) < 4.78 is 1.10. The molecule has 1 heterocycles. The Balaban J connectivity index is 2.03. The van der Waals surface area contributed by atoms with Crippen LogP contribution in [0.15, 0.2) is 18.2 Å². The van der Waals surface area contributed by atoms with Gasteiger partial charge in [0.15, 0.2) is 5.13 Å². The van der Waals surface area contributed by atoms with Crippen molar-refractivity contribution in [3.05, 3.63) is 23.8 Å². The zero-order valence-corrected chi connectivity index (χ0v) is 11.4. The summed E-state index contributed by atoms with van der Waals surface area (Å²) in [6.07, 6.45) is 2.06. The molecule has 0 saturated heterocycles. The number of nitrogens with one attached hydrogen (secondary N) is 2. The number of carbonyl (C=O) groups is 1. The smallest absolute Gasteiger partial charge is 0.321 e. The Bertz CT molecular complexity index is 550. The van der Waals surface area contributed by atoms with Crippen LogP contribution in [0.3, 0.4) is 0 Å². The van der Waals surface area contributed by atoms with E-state index in [0.29, 0.717) is 11.7 Å². The van der Waals surface area contributed by atoms with E-state index in [1.54, 1.807) is 0 Å². The van der Waals surface area contributed by atoms with Gasteiger partial charge >= 0.3 is 6.03 Å². The van der Waals surface area contributed by atoms with E-state index in [1.165, 1.54) is 11.3 Å². The van der Waals surface area contributed by atoms with Gasteiger partial charge in [0.1, 0.15) is 0 Å². The zero-order valence-electron chi connectivity index (χ0n) is 10.6. The molecule has 1 aromatic heterocycles. The molecule has 0 aliphatic heterocycles. The third-order valence-corrected chi connectivity index (χ3v) is 3.59. The largest absolute Gasteiger partial charge is 0.338 e. The second-order valence-electron chi connectivity index (χ2n) is 4.18. The topological polar surface area (TPSA) is 54.0 Å². The van der Waals surface area contributed by atoms with E-state index in [0.717, 1.165) is 28.6 Å². The number of aromatic nitrogens is 1. The monoisotopic (exact) mass is 263 g/mol. The van der Waals surface area contributed by atoms with Crippen LogP contribution in [0.5, 0.6) is 0 Å². The minimum atomic E-state index is -0.180. The van der Waals surface area contributed by atoms with Crippen molar-refractivity contribution < 1.29 is 4.79 Å². The Kier molecular flexibility index (Phi) is 4.15. The van der Waals surface area contributed by atoms with Crippen LogP contribution in [0.2, 0.25) is 0 Å². The second-order valence-corrected chi connectivity index (χ2v) is 5.21. The molecule has 0 fully saturated rings. The first-order chi connectivity index (χ1) is 8.70. The summed E-state index contributed by atoms with van der Waals surface area (Å²) in [5.41, 5.74) is 2.09. The van der Waals surface area contributed by atoms with Crippen LogP contribution in [0.1, 0.15) is 25.3 Å². The Morgan fingerprint density at radius 2 is 2.28 bits per heavy atom. The maximum Gasteiger partial charge on any atom is 0.321 e. The summed E-state index contributed by atoms with van der Waals surface area (Å²) >= 11 is 1.50. The number of thiazole rings is 1. The van der Waals surface area contributed by atoms with E-state index >= 15 is 0 Å². The van der Waals surface area contributed by atoms with Crippen molar-refractivity contribution in [3.63, 3.8) is 0 Å². The van der Waals surface area contributed by atoms with Crippen molar-refractivity contribution in [1.29, 1.82) is 0 Å². The summed E-state index contributed by atoms with van der Waals surface area (Å²) in [6, 6.07) is 5.86. The van der Waals surface area contributed by atoms with Crippen molar-refractivity contribution in [2.75, 3.05) is 11.9 Å². The molecule has 18 heavy (non-hydrogen) atoms. The molecular formula is C13H17N3OS. The van der Waals surface area contributed by atoms with Gasteiger partial charge in [-0.1, -0.05) is 36.8 Å². The lowest BCUT2D eigenvalue weighted by molar-refractivity contribution is 0.252. The van der Waals surface area contributed by atoms with Crippen molar-refractivity contribution in [3.8, 4) is 0 Å². The molecular weight excluding hydrogens is 246 g/mol. The van der Waals surface area contributed by atoms with Gasteiger partial charge in [0.2, 0.25) is 0 Å². The minimum absolute atomic E-state index is 0.180. The van der Waals surface area contributed by atoms with E-state index in [9.17, 15) is 4.79 Å². The molecule has 0 unspecified atom stereocenters. The zero-order chi connectivity index (χ0) is 13.0. The third-order valence-electron chi connectivity index (χ3n) is 2.66. The van der Waals surface area contributed by atoms with Crippen LogP contribution < -0.4 is 10.6 Å². The summed E-state index contributed by atoms with van der Waals surface area (Å²) in [7, 11) is 0. The number of amides is 2. The predicted octanol–water partition coefficient (Wildman–Crippen LogP) is 3.53. The molecule has 2 aromatic rings. The van der Waals surface area contributed by atoms with Gasteiger partial charge in [-0.15, -0.1) is 0 Å². The lowest BCUT2D eigenvalue weighted by Crippen LogP contribution is -2.29. The molecule has 0 spiro atoms. The SMILES string of the molecule is CCCCNC(=O)Nc1nc2c(C)cccc2s1. The highest BCUT2D eigenvalue weighted by Gasteiger charge is 2.08. The lowest BCUT2D eigenvalue weighted by Gasteiger charge is -2.03. The molecule has 5 heteroatoms. The van der Waals surface area contributed by atoms with Gasteiger partial charge in [-0.25, -0.2) is 9.78 Å². The molecule has 96 valence electrons. The number of carbonyl (C=O) groups excluding carboxylic acids is 1. The van der Waals surface area contributed by atoms with Crippen LogP contribution in [0.4, 0.5) is 9.93 Å². The number of para-hydroxylation sites is 1. The first-order valence-corrected chi connectivity index (χ1v) is 6.93. The van der Waals surface area contributed by atoms with Gasteiger partial charge in [0.25, 0.3) is 0 Å². The lowest BCUT2D eigenvalue weighted by atomic mass is 10.2. The first kappa shape index (κ1) is 12.8. The Hall–Kier alpha value is -1.62. The number of rotatable bonds is 4. The van der Waals surface area contributed by atoms with E-state index < -0.39 is 0 Å². The minimum Gasteiger partial charge on any atom is -0.338 e. The predicted molar refractivity (Wildman–Crippen MR) is 76.3 cm³/mol. The number of anilines is 1. The Morgan fingerprint density at radius 3 is 3.00 bits per heavy atom. The maximum absolute atomic E-state index is 11.6. The quantitative estimate of drug-likeness (QED) is 0.829. The number of aryl methyl sites for hydroxylation is 1. The number of urea groups is 1. The molecule has 0 saturated carbocycles. The highest BCUT2D eigenvalue weighted by Crippen LogP contribution is 2.27. The fraction of sp³-hybridized carbons (Fsp3) is 0.385. The van der Waals surface area contributed by atoms with Gasteiger partial charge < -0.3 is 5.32 Å². The average Bonchev–Trinajstić information content (AvgIpc) is 2.73. The molecule has 2 rings (SSSR count). The standard InChI is InChI=1S/C13H17N3OS/c1-3-4-8-14-12(17)16-13-15-11-9(2)6-5-7-10(11)18-13/h5-7H,3-4,8H2,1-2H3,(H2,14,15,16,17). The first-order valence-electron chi connectivity index (χ1n) is 6.11. The van der Waals surface area contributed by atoms with Crippen molar-refractivity contribution in [2.24, 2.45) is 0 Å². The summed E-state index contributed by atoms with van der Waals surface area (Å²) in [6.45, 7) is 4.81. The molecule has 2 N–H and O–H groups in total. The van der Waals surface area contributed by atoms with Gasteiger partial charge in [-0.2, -0.15) is 0 Å². The number of hydrogen-bond acceptors (Lipinski definition) is 3. The van der Waals surface area contributed by atoms with Crippen LogP contribution in [-0.4, -0.2) is 17.6 Å². The second kappa shape index (κ2) is 5.82. The molecule has 4 nitrogen and oxygen atoms in total. The highest BCUT2D eigenvalue weighted by molar-refractivity contribution is 7.22. The molecule has 0 bridgehead atoms. The van der Waals surface area contributed by atoms with E-state index in [4.69, 9.17) is 0 Å². The van der Waals surface area contributed by atoms with Crippen molar-refractivity contribution in [2.45, 2.75) is 26.7 Å². The third kappa shape index (κ3) is 2.98. The Labute approximate surface area is 110 Å². The van der Waals surface area contributed by atoms with E-state index in [1.807, 2.05) is 25.1 Å². The average molecular weight is 263 g/mol. The number of hydrogen-bond donors (Lipinski definition) is 2. The number of nitrogens with zero attached hydrogens (tertiary/aromatic N) is 1. The van der Waals surface area contributed by atoms with Crippen LogP contribution in [-0.2, 0) is 0 Å². The fourth-order valence-corrected chi connectivity index (χ4v) is 2.60. The highest BCUT2D eigenvalue weighted by atomic mass is 32.1. The Morgan fingerprint density at radius 1 is 1.44 bits per heavy atom. The van der Waals surface area contributed by atoms with Gasteiger partial charge in [-0.3, -0.25) is 5.32 Å². The molecule has 0 aliphatic carbocycles. The molecule has 2 amide bonds. The van der Waals surface area contributed by atoms with Crippen molar-refractivity contribution >= 4 is 32.7 Å². The molecule has 1 aromatic carbocycles. The molecule has 0 atom stereocenters. The van der Waals surface area contributed by atoms with Gasteiger partial charge in [-0.05, 0) is 25.0 Å².